The van der Waals surface area contributed by atoms with Gasteiger partial charge < -0.3 is 4.90 Å². The minimum Gasteiger partial charge on any atom is -0.316 e. The van der Waals surface area contributed by atoms with Gasteiger partial charge in [0.25, 0.3) is 0 Å². The maximum Gasteiger partial charge on any atom is 0.244 e. The van der Waals surface area contributed by atoms with E-state index in [1.807, 2.05) is 60.3 Å². The summed E-state index contributed by atoms with van der Waals surface area (Å²) < 4.78 is 0. The lowest BCUT2D eigenvalue weighted by atomic mass is 9.89. The van der Waals surface area contributed by atoms with Gasteiger partial charge in [-0.15, -0.1) is 0 Å². The number of imide groups is 1. The topological polar surface area (TPSA) is 41.8 Å². The van der Waals surface area contributed by atoms with Gasteiger partial charge in [0.05, 0.1) is 11.4 Å². The van der Waals surface area contributed by atoms with Crippen LogP contribution in [0.5, 0.6) is 0 Å². The lowest BCUT2D eigenvalue weighted by Gasteiger charge is -2.23. The Labute approximate surface area is 162 Å². The predicted octanol–water partition coefficient (Wildman–Crippen LogP) is 1.85. The number of carbonyl (C=O) groups is 2. The SMILES string of the molecule is O=C1[C@@H]2[C@H](C(=O)N1c1ccccc1)[C@H]1CSC[NH+]1[C@@H]2/C=C/c1ccccc1. The Hall–Kier alpha value is -2.37. The van der Waals surface area contributed by atoms with Gasteiger partial charge in [-0.25, -0.2) is 4.90 Å². The first-order valence-electron chi connectivity index (χ1n) is 9.35. The highest BCUT2D eigenvalue weighted by atomic mass is 32.2. The molecule has 136 valence electrons. The second-order valence-corrected chi connectivity index (χ2v) is 8.42. The largest absolute Gasteiger partial charge is 0.316 e. The normalized spacial score (nSPS) is 32.3. The minimum atomic E-state index is -0.251. The first-order valence-corrected chi connectivity index (χ1v) is 10.5. The molecule has 5 heteroatoms. The third kappa shape index (κ3) is 2.65. The molecule has 1 N–H and O–H groups in total. The van der Waals surface area contributed by atoms with E-state index in [1.165, 1.54) is 9.80 Å². The molecule has 0 bridgehead atoms. The van der Waals surface area contributed by atoms with Crippen LogP contribution in [0.15, 0.2) is 66.7 Å². The van der Waals surface area contributed by atoms with Crippen LogP contribution in [0, 0.1) is 11.8 Å². The average molecular weight is 377 g/mol. The number of benzene rings is 2. The molecule has 0 aromatic heterocycles. The molecule has 3 heterocycles. The monoisotopic (exact) mass is 377 g/mol. The molecule has 4 nitrogen and oxygen atoms in total. The highest BCUT2D eigenvalue weighted by molar-refractivity contribution is 7.99. The van der Waals surface area contributed by atoms with Crippen molar-refractivity contribution in [2.24, 2.45) is 11.8 Å². The number of quaternary nitrogens is 1. The molecule has 0 spiro atoms. The van der Waals surface area contributed by atoms with Crippen LogP contribution in [-0.2, 0) is 9.59 Å². The van der Waals surface area contributed by atoms with Crippen molar-refractivity contribution in [3.8, 4) is 0 Å². The van der Waals surface area contributed by atoms with Crippen LogP contribution in [0.4, 0.5) is 5.69 Å². The molecule has 5 rings (SSSR count). The fourth-order valence-corrected chi connectivity index (χ4v) is 6.23. The number of hydrogen-bond acceptors (Lipinski definition) is 3. The summed E-state index contributed by atoms with van der Waals surface area (Å²) in [6.45, 7) is 0. The van der Waals surface area contributed by atoms with Crippen molar-refractivity contribution >= 4 is 35.3 Å². The number of para-hydroxylation sites is 1. The van der Waals surface area contributed by atoms with Gasteiger partial charge in [0.15, 0.2) is 0 Å². The maximum atomic E-state index is 13.3. The summed E-state index contributed by atoms with van der Waals surface area (Å²) in [5.74, 6) is 1.41. The number of fused-ring (bicyclic) bond motifs is 3. The highest BCUT2D eigenvalue weighted by Crippen LogP contribution is 2.40. The van der Waals surface area contributed by atoms with Gasteiger partial charge in [0.2, 0.25) is 11.8 Å². The van der Waals surface area contributed by atoms with E-state index in [-0.39, 0.29) is 35.7 Å². The Balaban J connectivity index is 1.51. The van der Waals surface area contributed by atoms with Crippen molar-refractivity contribution in [3.63, 3.8) is 0 Å². The van der Waals surface area contributed by atoms with Gasteiger partial charge in [0, 0.05) is 0 Å². The molecule has 2 amide bonds. The van der Waals surface area contributed by atoms with Crippen molar-refractivity contribution in [2.45, 2.75) is 12.1 Å². The summed E-state index contributed by atoms with van der Waals surface area (Å²) in [4.78, 5) is 29.3. The van der Waals surface area contributed by atoms with E-state index in [1.54, 1.807) is 0 Å². The van der Waals surface area contributed by atoms with Crippen LogP contribution in [0.3, 0.4) is 0 Å². The van der Waals surface area contributed by atoms with Crippen LogP contribution < -0.4 is 9.80 Å². The average Bonchev–Trinajstić information content (AvgIpc) is 3.34. The fourth-order valence-electron chi connectivity index (χ4n) is 4.79. The Bertz CT molecular complexity index is 899. The molecule has 3 saturated heterocycles. The molecule has 3 fully saturated rings. The van der Waals surface area contributed by atoms with Crippen LogP contribution in [0.25, 0.3) is 6.08 Å². The molecule has 0 radical (unpaired) electrons. The molecule has 27 heavy (non-hydrogen) atoms. The summed E-state index contributed by atoms with van der Waals surface area (Å²) in [5, 5.41) is 0. The van der Waals surface area contributed by atoms with Crippen molar-refractivity contribution in [3.05, 3.63) is 72.3 Å². The van der Waals surface area contributed by atoms with Gasteiger partial charge in [-0.1, -0.05) is 66.4 Å². The third-order valence-electron chi connectivity index (χ3n) is 6.00. The van der Waals surface area contributed by atoms with Crippen LogP contribution in [0.1, 0.15) is 5.56 Å². The fraction of sp³-hybridized carbons (Fsp3) is 0.273. The van der Waals surface area contributed by atoms with Gasteiger partial charge in [-0.2, -0.15) is 0 Å². The molecule has 5 atom stereocenters. The van der Waals surface area contributed by atoms with E-state index < -0.39 is 0 Å². The molecule has 2 aromatic carbocycles. The Morgan fingerprint density at radius 3 is 2.33 bits per heavy atom. The van der Waals surface area contributed by atoms with Crippen molar-refractivity contribution in [1.29, 1.82) is 0 Å². The summed E-state index contributed by atoms with van der Waals surface area (Å²) in [5.41, 5.74) is 1.82. The first-order chi connectivity index (χ1) is 13.3. The number of amides is 2. The quantitative estimate of drug-likeness (QED) is 0.830. The number of thioether (sulfide) groups is 1. The van der Waals surface area contributed by atoms with Crippen molar-refractivity contribution in [2.75, 3.05) is 16.5 Å². The summed E-state index contributed by atoms with van der Waals surface area (Å²) in [7, 11) is 0. The molecule has 3 aliphatic rings. The lowest BCUT2D eigenvalue weighted by molar-refractivity contribution is -0.912. The smallest absolute Gasteiger partial charge is 0.244 e. The third-order valence-corrected chi connectivity index (χ3v) is 7.13. The Kier molecular flexibility index (Phi) is 4.14. The Morgan fingerprint density at radius 2 is 1.59 bits per heavy atom. The van der Waals surface area contributed by atoms with Crippen LogP contribution >= 0.6 is 11.8 Å². The Morgan fingerprint density at radius 1 is 0.926 bits per heavy atom. The van der Waals surface area contributed by atoms with E-state index in [0.717, 1.165) is 17.2 Å². The van der Waals surface area contributed by atoms with E-state index in [4.69, 9.17) is 0 Å². The number of anilines is 1. The molecule has 3 aliphatic heterocycles. The summed E-state index contributed by atoms with van der Waals surface area (Å²) >= 11 is 1.89. The number of hydrogen-bond donors (Lipinski definition) is 1. The predicted molar refractivity (Wildman–Crippen MR) is 107 cm³/mol. The first kappa shape index (κ1) is 16.8. The maximum absolute atomic E-state index is 13.3. The summed E-state index contributed by atoms with van der Waals surface area (Å²) in [6.07, 6.45) is 4.26. The second kappa shape index (κ2) is 6.66. The standard InChI is InChI=1S/C22H20N2O2S/c25-21-19-17(12-11-15-7-3-1-4-8-15)23-14-27-13-18(23)20(19)22(26)24(21)16-9-5-2-6-10-16/h1-12,17-20H,13-14H2/p+1/b12-11+/t17-,18-,19+,20-/m1/s1. The molecule has 2 aromatic rings. The van der Waals surface area contributed by atoms with E-state index in [0.29, 0.717) is 5.69 Å². The number of carbonyl (C=O) groups excluding carboxylic acids is 2. The molecule has 0 saturated carbocycles. The number of nitrogens with one attached hydrogen (secondary N) is 1. The van der Waals surface area contributed by atoms with E-state index >= 15 is 0 Å². The molecular weight excluding hydrogens is 356 g/mol. The van der Waals surface area contributed by atoms with Crippen LogP contribution in [-0.4, -0.2) is 35.5 Å². The summed E-state index contributed by atoms with van der Waals surface area (Å²) in [6, 6.07) is 19.8. The van der Waals surface area contributed by atoms with Crippen LogP contribution in [0.2, 0.25) is 0 Å². The van der Waals surface area contributed by atoms with Crippen molar-refractivity contribution in [1.82, 2.24) is 0 Å². The molecule has 1 unspecified atom stereocenters. The van der Waals surface area contributed by atoms with E-state index in [2.05, 4.69) is 24.3 Å². The minimum absolute atomic E-state index is 0.0168. The van der Waals surface area contributed by atoms with Gasteiger partial charge >= 0.3 is 0 Å². The second-order valence-electron chi connectivity index (χ2n) is 7.39. The number of rotatable bonds is 3. The van der Waals surface area contributed by atoms with Gasteiger partial charge in [-0.3, -0.25) is 9.59 Å². The van der Waals surface area contributed by atoms with E-state index in [9.17, 15) is 9.59 Å². The van der Waals surface area contributed by atoms with Gasteiger partial charge in [0.1, 0.15) is 29.8 Å². The zero-order valence-corrected chi connectivity index (χ0v) is 15.6. The van der Waals surface area contributed by atoms with Gasteiger partial charge in [-0.05, 0) is 23.8 Å². The zero-order valence-electron chi connectivity index (χ0n) is 14.8. The van der Waals surface area contributed by atoms with Crippen molar-refractivity contribution < 1.29 is 14.5 Å². The molecular formula is C22H21N2O2S+. The molecule has 0 aliphatic carbocycles. The lowest BCUT2D eigenvalue weighted by Crippen LogP contribution is -3.15. The highest BCUT2D eigenvalue weighted by Gasteiger charge is 2.65. The number of nitrogens with zero attached hydrogens (tertiary/aromatic N) is 1. The zero-order chi connectivity index (χ0) is 18.4.